The van der Waals surface area contributed by atoms with Crippen LogP contribution in [0.3, 0.4) is 0 Å². The number of rotatable bonds is 7. The van der Waals surface area contributed by atoms with Crippen molar-refractivity contribution in [3.63, 3.8) is 0 Å². The Morgan fingerprint density at radius 3 is 2.45 bits per heavy atom. The molecule has 0 spiro atoms. The summed E-state index contributed by atoms with van der Waals surface area (Å²) >= 11 is 0. The first-order valence-electron chi connectivity index (χ1n) is 9.95. The molecule has 7 nitrogen and oxygen atoms in total. The van der Waals surface area contributed by atoms with Gasteiger partial charge in [-0.2, -0.15) is 0 Å². The van der Waals surface area contributed by atoms with Gasteiger partial charge in [-0.05, 0) is 37.8 Å². The van der Waals surface area contributed by atoms with Gasteiger partial charge in [0.1, 0.15) is 5.69 Å². The number of carbonyl (C=O) groups excluding carboxylic acids is 1. The zero-order chi connectivity index (χ0) is 20.8. The third kappa shape index (κ3) is 4.55. The molecule has 29 heavy (non-hydrogen) atoms. The first-order valence-corrected chi connectivity index (χ1v) is 9.95. The summed E-state index contributed by atoms with van der Waals surface area (Å²) in [5.74, 6) is 1.63. The molecular formula is C22H29N3O4. The molecule has 1 aliphatic heterocycles. The maximum absolute atomic E-state index is 13.0. The Morgan fingerprint density at radius 2 is 1.83 bits per heavy atom. The fourth-order valence-electron chi connectivity index (χ4n) is 3.78. The third-order valence-electron chi connectivity index (χ3n) is 5.29. The molecule has 1 N–H and O–H groups in total. The number of aromatic nitrogens is 1. The van der Waals surface area contributed by atoms with Gasteiger partial charge in [0.2, 0.25) is 5.75 Å². The lowest BCUT2D eigenvalue weighted by Gasteiger charge is -2.35. The number of hydrogen-bond acceptors (Lipinski definition) is 6. The molecule has 1 aromatic heterocycles. The van der Waals surface area contributed by atoms with Gasteiger partial charge < -0.3 is 24.4 Å². The molecule has 0 aliphatic carbocycles. The number of nitrogens with zero attached hydrogens (tertiary/aromatic N) is 2. The number of likely N-dealkylation sites (tertiary alicyclic amines) is 1. The van der Waals surface area contributed by atoms with Crippen LogP contribution in [0.25, 0.3) is 0 Å². The number of pyridine rings is 1. The van der Waals surface area contributed by atoms with E-state index in [9.17, 15) is 4.79 Å². The minimum atomic E-state index is -0.00917. The number of methoxy groups -OCH3 is 3. The summed E-state index contributed by atoms with van der Waals surface area (Å²) in [6.45, 7) is 2.93. The molecule has 1 atom stereocenters. The number of benzene rings is 1. The molecule has 7 heteroatoms. The average molecular weight is 399 g/mol. The van der Waals surface area contributed by atoms with Crippen LogP contribution in [0.1, 0.15) is 43.1 Å². The summed E-state index contributed by atoms with van der Waals surface area (Å²) < 4.78 is 16.2. The summed E-state index contributed by atoms with van der Waals surface area (Å²) in [5.41, 5.74) is 1.97. The van der Waals surface area contributed by atoms with E-state index >= 15 is 0 Å². The van der Waals surface area contributed by atoms with Crippen molar-refractivity contribution in [2.75, 3.05) is 33.2 Å². The Bertz CT molecular complexity index is 831. The Balaban J connectivity index is 1.84. The minimum Gasteiger partial charge on any atom is -0.493 e. The number of nitrogens with one attached hydrogen (secondary N) is 1. The molecule has 1 aromatic carbocycles. The van der Waals surface area contributed by atoms with E-state index in [2.05, 4.69) is 17.2 Å². The van der Waals surface area contributed by atoms with Crippen LogP contribution in [0.15, 0.2) is 30.5 Å². The number of carbonyl (C=O) groups is 1. The fourth-order valence-corrected chi connectivity index (χ4v) is 3.78. The second kappa shape index (κ2) is 9.49. The zero-order valence-electron chi connectivity index (χ0n) is 17.5. The van der Waals surface area contributed by atoms with Gasteiger partial charge in [0, 0.05) is 42.3 Å². The van der Waals surface area contributed by atoms with Crippen molar-refractivity contribution in [3.05, 3.63) is 36.2 Å². The van der Waals surface area contributed by atoms with E-state index in [0.29, 0.717) is 29.0 Å². The van der Waals surface area contributed by atoms with E-state index in [1.807, 2.05) is 23.1 Å². The van der Waals surface area contributed by atoms with Gasteiger partial charge in [0.15, 0.2) is 11.5 Å². The first kappa shape index (κ1) is 20.8. The van der Waals surface area contributed by atoms with Crippen LogP contribution >= 0.6 is 0 Å². The molecule has 156 valence electrons. The number of ether oxygens (including phenoxy) is 3. The maximum atomic E-state index is 13.0. The summed E-state index contributed by atoms with van der Waals surface area (Å²) in [5, 5.41) is 3.30. The van der Waals surface area contributed by atoms with E-state index in [4.69, 9.17) is 14.2 Å². The van der Waals surface area contributed by atoms with Crippen LogP contribution < -0.4 is 19.5 Å². The second-order valence-corrected chi connectivity index (χ2v) is 7.03. The Labute approximate surface area is 172 Å². The van der Waals surface area contributed by atoms with Gasteiger partial charge in [-0.15, -0.1) is 0 Å². The highest BCUT2D eigenvalue weighted by Gasteiger charge is 2.27. The monoisotopic (exact) mass is 399 g/mol. The van der Waals surface area contributed by atoms with Crippen LogP contribution in [-0.2, 0) is 0 Å². The van der Waals surface area contributed by atoms with E-state index in [1.54, 1.807) is 33.6 Å². The van der Waals surface area contributed by atoms with Crippen molar-refractivity contribution >= 4 is 17.3 Å². The average Bonchev–Trinajstić information content (AvgIpc) is 2.77. The second-order valence-electron chi connectivity index (χ2n) is 7.03. The van der Waals surface area contributed by atoms with Crippen molar-refractivity contribution in [1.82, 2.24) is 9.88 Å². The van der Waals surface area contributed by atoms with E-state index < -0.39 is 0 Å². The van der Waals surface area contributed by atoms with Gasteiger partial charge >= 0.3 is 0 Å². The van der Waals surface area contributed by atoms with Crippen LogP contribution in [0.4, 0.5) is 11.4 Å². The molecule has 2 heterocycles. The SMILES string of the molecule is CCC1CCCCN1C(=O)c1cc(Nc2cc(OC)c(OC)c(OC)c2)ccn1. The van der Waals surface area contributed by atoms with Crippen LogP contribution in [-0.4, -0.2) is 49.7 Å². The zero-order valence-corrected chi connectivity index (χ0v) is 17.5. The summed E-state index contributed by atoms with van der Waals surface area (Å²) in [7, 11) is 4.72. The molecule has 3 rings (SSSR count). The molecule has 1 aliphatic rings. The predicted octanol–water partition coefficient (Wildman–Crippen LogP) is 4.26. The summed E-state index contributed by atoms with van der Waals surface area (Å²) in [4.78, 5) is 19.3. The normalized spacial score (nSPS) is 16.3. The van der Waals surface area contributed by atoms with Crippen molar-refractivity contribution < 1.29 is 19.0 Å². The topological polar surface area (TPSA) is 72.9 Å². The number of piperidine rings is 1. The molecule has 0 saturated carbocycles. The number of anilines is 2. The standard InChI is InChI=1S/C22H29N3O4/c1-5-17-8-6-7-11-25(17)22(26)18-12-15(9-10-23-18)24-16-13-19(27-2)21(29-4)20(14-16)28-3/h9-10,12-14,17H,5-8,11H2,1-4H3,(H,23,24). The van der Waals surface area contributed by atoms with Crippen LogP contribution in [0.2, 0.25) is 0 Å². The molecule has 2 aromatic rings. The lowest BCUT2D eigenvalue weighted by atomic mass is 9.99. The summed E-state index contributed by atoms with van der Waals surface area (Å²) in [6.07, 6.45) is 5.91. The lowest BCUT2D eigenvalue weighted by Crippen LogP contribution is -2.43. The first-order chi connectivity index (χ1) is 14.1. The molecule has 1 amide bonds. The number of amides is 1. The van der Waals surface area contributed by atoms with Crippen LogP contribution in [0.5, 0.6) is 17.2 Å². The largest absolute Gasteiger partial charge is 0.493 e. The Hall–Kier alpha value is -2.96. The fraction of sp³-hybridized carbons (Fsp3) is 0.455. The van der Waals surface area contributed by atoms with Crippen molar-refractivity contribution in [3.8, 4) is 17.2 Å². The van der Waals surface area contributed by atoms with E-state index in [-0.39, 0.29) is 5.91 Å². The van der Waals surface area contributed by atoms with E-state index in [0.717, 1.165) is 37.2 Å². The smallest absolute Gasteiger partial charge is 0.272 e. The summed E-state index contributed by atoms with van der Waals surface area (Å²) in [6, 6.07) is 7.55. The van der Waals surface area contributed by atoms with Crippen LogP contribution in [0, 0.1) is 0 Å². The van der Waals surface area contributed by atoms with Crippen molar-refractivity contribution in [2.24, 2.45) is 0 Å². The van der Waals surface area contributed by atoms with Crippen molar-refractivity contribution in [2.45, 2.75) is 38.6 Å². The predicted molar refractivity (Wildman–Crippen MR) is 113 cm³/mol. The Kier molecular flexibility index (Phi) is 6.80. The molecule has 1 fully saturated rings. The minimum absolute atomic E-state index is 0.00917. The van der Waals surface area contributed by atoms with Gasteiger partial charge in [-0.1, -0.05) is 6.92 Å². The molecule has 0 radical (unpaired) electrons. The lowest BCUT2D eigenvalue weighted by molar-refractivity contribution is 0.0602. The van der Waals surface area contributed by atoms with Gasteiger partial charge in [0.05, 0.1) is 21.3 Å². The van der Waals surface area contributed by atoms with E-state index in [1.165, 1.54) is 6.42 Å². The van der Waals surface area contributed by atoms with Gasteiger partial charge in [0.25, 0.3) is 5.91 Å². The van der Waals surface area contributed by atoms with Crippen molar-refractivity contribution in [1.29, 1.82) is 0 Å². The van der Waals surface area contributed by atoms with Gasteiger partial charge in [-0.25, -0.2) is 0 Å². The highest BCUT2D eigenvalue weighted by molar-refractivity contribution is 5.93. The molecule has 1 unspecified atom stereocenters. The molecular weight excluding hydrogens is 370 g/mol. The molecule has 0 bridgehead atoms. The highest BCUT2D eigenvalue weighted by atomic mass is 16.5. The van der Waals surface area contributed by atoms with Gasteiger partial charge in [-0.3, -0.25) is 9.78 Å². The number of hydrogen-bond donors (Lipinski definition) is 1. The molecule has 1 saturated heterocycles. The quantitative estimate of drug-likeness (QED) is 0.750. The third-order valence-corrected chi connectivity index (χ3v) is 5.29. The maximum Gasteiger partial charge on any atom is 0.272 e. The highest BCUT2D eigenvalue weighted by Crippen LogP contribution is 2.40. The Morgan fingerprint density at radius 1 is 1.10 bits per heavy atom.